The van der Waals surface area contributed by atoms with E-state index in [1.165, 1.54) is 22.0 Å². The van der Waals surface area contributed by atoms with Gasteiger partial charge in [-0.25, -0.2) is 0 Å². The van der Waals surface area contributed by atoms with E-state index >= 15 is 0 Å². The molecule has 0 radical (unpaired) electrons. The topological polar surface area (TPSA) is 15.7 Å². The van der Waals surface area contributed by atoms with E-state index in [0.717, 1.165) is 45.7 Å². The maximum absolute atomic E-state index is 6.16. The van der Waals surface area contributed by atoms with Crippen molar-refractivity contribution in [1.82, 2.24) is 4.90 Å². The van der Waals surface area contributed by atoms with Crippen molar-refractivity contribution in [3.63, 3.8) is 0 Å². The number of benzene rings is 3. The van der Waals surface area contributed by atoms with Gasteiger partial charge in [-0.2, -0.15) is 0 Å². The molecule has 4 rings (SSSR count). The van der Waals surface area contributed by atoms with Gasteiger partial charge in [0.1, 0.15) is 0 Å². The number of hydrogen-bond acceptors (Lipinski definition) is 3. The van der Waals surface area contributed by atoms with Crippen molar-refractivity contribution >= 4 is 16.5 Å². The Balaban J connectivity index is 1.62. The molecular weight excluding hydrogens is 368 g/mol. The molecule has 0 N–H and O–H groups in total. The smallest absolute Gasteiger partial charge is 0.0621 e. The predicted molar refractivity (Wildman–Crippen MR) is 127 cm³/mol. The molecule has 0 aliphatic carbocycles. The van der Waals surface area contributed by atoms with E-state index in [-0.39, 0.29) is 0 Å². The minimum Gasteiger partial charge on any atom is -0.380 e. The van der Waals surface area contributed by atoms with Crippen LogP contribution in [0.4, 0.5) is 5.69 Å². The lowest BCUT2D eigenvalue weighted by Gasteiger charge is -2.38. The lowest BCUT2D eigenvalue weighted by Crippen LogP contribution is -2.46. The normalized spacial score (nSPS) is 21.6. The molecule has 3 nitrogen and oxygen atoms in total. The Bertz CT molecular complexity index is 921. The molecule has 0 unspecified atom stereocenters. The molecular formula is C27H34N2O. The molecule has 1 heterocycles. The van der Waals surface area contributed by atoms with Crippen molar-refractivity contribution in [3.8, 4) is 0 Å². The maximum Gasteiger partial charge on any atom is 0.0621 e. The molecule has 1 saturated heterocycles. The number of fused-ring (bicyclic) bond motifs is 1. The van der Waals surface area contributed by atoms with E-state index in [9.17, 15) is 0 Å². The van der Waals surface area contributed by atoms with Crippen molar-refractivity contribution in [2.24, 2.45) is 0 Å². The maximum atomic E-state index is 6.16. The van der Waals surface area contributed by atoms with Crippen LogP contribution in [0.5, 0.6) is 0 Å². The fraction of sp³-hybridized carbons (Fsp3) is 0.407. The third-order valence-electron chi connectivity index (χ3n) is 6.44. The van der Waals surface area contributed by atoms with Crippen molar-refractivity contribution in [2.45, 2.75) is 45.3 Å². The van der Waals surface area contributed by atoms with Gasteiger partial charge in [-0.1, -0.05) is 73.7 Å². The molecule has 3 aromatic carbocycles. The van der Waals surface area contributed by atoms with Gasteiger partial charge in [0.05, 0.1) is 6.61 Å². The van der Waals surface area contributed by atoms with E-state index < -0.39 is 0 Å². The third kappa shape index (κ3) is 4.85. The first-order valence-electron chi connectivity index (χ1n) is 11.4. The molecule has 3 heteroatoms. The van der Waals surface area contributed by atoms with E-state index in [0.29, 0.717) is 12.1 Å². The summed E-state index contributed by atoms with van der Waals surface area (Å²) in [6.07, 6.45) is 2.16. The molecule has 0 amide bonds. The molecule has 1 fully saturated rings. The molecule has 2 atom stereocenters. The second-order valence-electron chi connectivity index (χ2n) is 8.42. The SMILES string of the molecule is CC[C@H]1COCC[C@H](C)N(c2cccc3ccccc23)CCN1Cc1ccccc1. The molecule has 1 aliphatic rings. The highest BCUT2D eigenvalue weighted by atomic mass is 16.5. The summed E-state index contributed by atoms with van der Waals surface area (Å²) >= 11 is 0. The Labute approximate surface area is 181 Å². The molecule has 30 heavy (non-hydrogen) atoms. The summed E-state index contributed by atoms with van der Waals surface area (Å²) < 4.78 is 6.16. The molecule has 158 valence electrons. The largest absolute Gasteiger partial charge is 0.380 e. The lowest BCUT2D eigenvalue weighted by atomic mass is 10.1. The summed E-state index contributed by atoms with van der Waals surface area (Å²) in [6.45, 7) is 9.29. The summed E-state index contributed by atoms with van der Waals surface area (Å²) in [6, 6.07) is 27.1. The molecule has 0 bridgehead atoms. The molecule has 0 aromatic heterocycles. The minimum absolute atomic E-state index is 0.438. The molecule has 0 spiro atoms. The van der Waals surface area contributed by atoms with Gasteiger partial charge in [0.15, 0.2) is 0 Å². The highest BCUT2D eigenvalue weighted by Crippen LogP contribution is 2.29. The van der Waals surface area contributed by atoms with Crippen LogP contribution >= 0.6 is 0 Å². The van der Waals surface area contributed by atoms with E-state index in [1.54, 1.807) is 0 Å². The van der Waals surface area contributed by atoms with Crippen LogP contribution in [-0.4, -0.2) is 43.3 Å². The van der Waals surface area contributed by atoms with Crippen LogP contribution < -0.4 is 4.90 Å². The van der Waals surface area contributed by atoms with Gasteiger partial charge in [-0.15, -0.1) is 0 Å². The van der Waals surface area contributed by atoms with Gasteiger partial charge >= 0.3 is 0 Å². The second kappa shape index (κ2) is 10.1. The van der Waals surface area contributed by atoms with Crippen molar-refractivity contribution in [2.75, 3.05) is 31.2 Å². The summed E-state index contributed by atoms with van der Waals surface area (Å²) in [5.41, 5.74) is 2.71. The third-order valence-corrected chi connectivity index (χ3v) is 6.44. The number of nitrogens with zero attached hydrogens (tertiary/aromatic N) is 2. The Morgan fingerprint density at radius 2 is 1.67 bits per heavy atom. The average molecular weight is 403 g/mol. The lowest BCUT2D eigenvalue weighted by molar-refractivity contribution is 0.0466. The number of ether oxygens (including phenoxy) is 1. The fourth-order valence-electron chi connectivity index (χ4n) is 4.59. The highest BCUT2D eigenvalue weighted by Gasteiger charge is 2.23. The monoisotopic (exact) mass is 402 g/mol. The Morgan fingerprint density at radius 1 is 0.900 bits per heavy atom. The van der Waals surface area contributed by atoms with E-state index in [2.05, 4.69) is 96.4 Å². The number of rotatable bonds is 4. The first-order valence-corrected chi connectivity index (χ1v) is 11.4. The van der Waals surface area contributed by atoms with Gasteiger partial charge < -0.3 is 9.64 Å². The van der Waals surface area contributed by atoms with E-state index in [1.807, 2.05) is 0 Å². The predicted octanol–water partition coefficient (Wildman–Crippen LogP) is 5.74. The van der Waals surface area contributed by atoms with Gasteiger partial charge in [-0.3, -0.25) is 4.90 Å². The van der Waals surface area contributed by atoms with Gasteiger partial charge in [0.25, 0.3) is 0 Å². The quantitative estimate of drug-likeness (QED) is 0.554. The standard InChI is InChI=1S/C27H34N2O/c1-3-25-21-30-19-16-22(2)29(18-17-28(25)20-23-10-5-4-6-11-23)27-15-9-13-24-12-7-8-14-26(24)27/h4-15,22,25H,3,16-21H2,1-2H3/t22-,25-/m0/s1. The van der Waals surface area contributed by atoms with Crippen LogP contribution in [0, 0.1) is 0 Å². The highest BCUT2D eigenvalue weighted by molar-refractivity contribution is 5.94. The first kappa shape index (κ1) is 20.9. The zero-order chi connectivity index (χ0) is 20.8. The van der Waals surface area contributed by atoms with Crippen LogP contribution in [0.2, 0.25) is 0 Å². The van der Waals surface area contributed by atoms with Crippen molar-refractivity contribution in [1.29, 1.82) is 0 Å². The van der Waals surface area contributed by atoms with Crippen LogP contribution in [0.3, 0.4) is 0 Å². The molecule has 1 aliphatic heterocycles. The molecule has 0 saturated carbocycles. The van der Waals surface area contributed by atoms with Crippen LogP contribution in [0.1, 0.15) is 32.3 Å². The Kier molecular flexibility index (Phi) is 7.03. The van der Waals surface area contributed by atoms with Gasteiger partial charge in [-0.05, 0) is 36.8 Å². The van der Waals surface area contributed by atoms with Crippen LogP contribution in [0.25, 0.3) is 10.8 Å². The summed E-state index contributed by atoms with van der Waals surface area (Å²) in [5, 5.41) is 2.65. The van der Waals surface area contributed by atoms with Crippen molar-refractivity contribution in [3.05, 3.63) is 78.4 Å². The molecule has 3 aromatic rings. The fourth-order valence-corrected chi connectivity index (χ4v) is 4.59. The van der Waals surface area contributed by atoms with Crippen LogP contribution in [0.15, 0.2) is 72.8 Å². The van der Waals surface area contributed by atoms with Crippen LogP contribution in [-0.2, 0) is 11.3 Å². The Morgan fingerprint density at radius 3 is 2.50 bits per heavy atom. The minimum atomic E-state index is 0.438. The summed E-state index contributed by atoms with van der Waals surface area (Å²) in [7, 11) is 0. The zero-order valence-corrected chi connectivity index (χ0v) is 18.3. The zero-order valence-electron chi connectivity index (χ0n) is 18.3. The van der Waals surface area contributed by atoms with E-state index in [4.69, 9.17) is 4.74 Å². The number of anilines is 1. The Hall–Kier alpha value is -2.36. The summed E-state index contributed by atoms with van der Waals surface area (Å²) in [4.78, 5) is 5.22. The van der Waals surface area contributed by atoms with Crippen molar-refractivity contribution < 1.29 is 4.74 Å². The van der Waals surface area contributed by atoms with Gasteiger partial charge in [0.2, 0.25) is 0 Å². The average Bonchev–Trinajstić information content (AvgIpc) is 2.79. The van der Waals surface area contributed by atoms with Gasteiger partial charge in [0, 0.05) is 49.4 Å². The summed E-state index contributed by atoms with van der Waals surface area (Å²) in [5.74, 6) is 0. The second-order valence-corrected chi connectivity index (χ2v) is 8.42. The first-order chi connectivity index (χ1) is 14.8. The number of hydrogen-bond donors (Lipinski definition) is 0.